The summed E-state index contributed by atoms with van der Waals surface area (Å²) in [6, 6.07) is 0. The number of hydrogen-bond donors (Lipinski definition) is 7. The fourth-order valence-electron chi connectivity index (χ4n) is 7.04. The molecule has 0 amide bonds. The number of unbranched alkanes of at least 4 members (excludes halogenated alkanes) is 16. The van der Waals surface area contributed by atoms with Crippen molar-refractivity contribution in [1.29, 1.82) is 0 Å². The molecule has 0 heterocycles. The summed E-state index contributed by atoms with van der Waals surface area (Å²) in [5.41, 5.74) is 0. The van der Waals surface area contributed by atoms with E-state index in [0.717, 1.165) is 51.4 Å². The summed E-state index contributed by atoms with van der Waals surface area (Å²) < 4.78 is 33.5. The topological polar surface area (TPSA) is 230 Å². The molecule has 380 valence electrons. The first kappa shape index (κ1) is 61.3. The predicted molar refractivity (Wildman–Crippen MR) is 259 cm³/mol. The van der Waals surface area contributed by atoms with Gasteiger partial charge in [-0.25, -0.2) is 4.57 Å². The lowest BCUT2D eigenvalue weighted by molar-refractivity contribution is -0.220. The van der Waals surface area contributed by atoms with E-state index in [-0.39, 0.29) is 12.8 Å². The highest BCUT2D eigenvalue weighted by Crippen LogP contribution is 2.47. The number of rotatable bonds is 40. The highest BCUT2D eigenvalue weighted by molar-refractivity contribution is 7.47. The van der Waals surface area contributed by atoms with E-state index in [9.17, 15) is 49.7 Å². The molecular formula is C51H87O14P. The first-order valence-corrected chi connectivity index (χ1v) is 26.3. The molecule has 1 aliphatic rings. The van der Waals surface area contributed by atoms with E-state index in [4.69, 9.17) is 18.5 Å². The SMILES string of the molecule is CCCCC/C=C\C/C=C\CCCCCCCCCCCC(=O)O[C@H](COC(=O)CCC/C=C/C=C\C(O)C/C=C\C/C=C\CCCCC)COP(=O)(O)OC1[C@H](O)[C@H](O)C(O)[C@H](O)[C@H]1O. The highest BCUT2D eigenvalue weighted by Gasteiger charge is 2.51. The summed E-state index contributed by atoms with van der Waals surface area (Å²) in [5.74, 6) is -1.24. The van der Waals surface area contributed by atoms with Crippen molar-refractivity contribution in [2.45, 2.75) is 223 Å². The van der Waals surface area contributed by atoms with Crippen LogP contribution in [0, 0.1) is 0 Å². The zero-order chi connectivity index (χ0) is 48.7. The molecule has 0 aromatic rings. The number of hydrogen-bond acceptors (Lipinski definition) is 13. The van der Waals surface area contributed by atoms with Gasteiger partial charge in [-0.05, 0) is 77.0 Å². The van der Waals surface area contributed by atoms with E-state index in [1.165, 1.54) is 70.6 Å². The summed E-state index contributed by atoms with van der Waals surface area (Å²) in [7, 11) is -5.16. The van der Waals surface area contributed by atoms with Gasteiger partial charge in [-0.15, -0.1) is 0 Å². The van der Waals surface area contributed by atoms with Crippen molar-refractivity contribution in [2.24, 2.45) is 0 Å². The molecule has 1 aliphatic carbocycles. The maximum absolute atomic E-state index is 12.8. The van der Waals surface area contributed by atoms with Gasteiger partial charge in [0.15, 0.2) is 6.10 Å². The Bertz CT molecular complexity index is 1450. The molecule has 0 aromatic heterocycles. The Balaban J connectivity index is 2.50. The van der Waals surface area contributed by atoms with Crippen molar-refractivity contribution in [2.75, 3.05) is 13.2 Å². The molecule has 1 rings (SSSR count). The number of aliphatic hydroxyl groups is 6. The molecule has 1 saturated carbocycles. The maximum Gasteiger partial charge on any atom is 0.472 e. The minimum Gasteiger partial charge on any atom is -0.462 e. The number of allylic oxidation sites excluding steroid dienone is 10. The molecule has 9 atom stereocenters. The van der Waals surface area contributed by atoms with E-state index >= 15 is 0 Å². The average Bonchev–Trinajstić information content (AvgIpc) is 3.29. The lowest BCUT2D eigenvalue weighted by Crippen LogP contribution is -2.64. The second-order valence-corrected chi connectivity index (χ2v) is 18.6. The Morgan fingerprint density at radius 2 is 1.02 bits per heavy atom. The third kappa shape index (κ3) is 32.1. The van der Waals surface area contributed by atoms with Crippen LogP contribution in [0.5, 0.6) is 0 Å². The molecule has 1 fully saturated rings. The second-order valence-electron chi connectivity index (χ2n) is 17.2. The predicted octanol–water partition coefficient (Wildman–Crippen LogP) is 9.25. The van der Waals surface area contributed by atoms with Crippen molar-refractivity contribution < 1.29 is 68.2 Å². The number of aliphatic hydroxyl groups excluding tert-OH is 6. The number of carbonyl (C=O) groups is 2. The zero-order valence-corrected chi connectivity index (χ0v) is 41.0. The van der Waals surface area contributed by atoms with Gasteiger partial charge in [0.25, 0.3) is 0 Å². The number of esters is 2. The summed E-state index contributed by atoms with van der Waals surface area (Å²) in [6.45, 7) is 3.12. The first-order chi connectivity index (χ1) is 31.8. The van der Waals surface area contributed by atoms with Crippen LogP contribution >= 0.6 is 7.82 Å². The van der Waals surface area contributed by atoms with Crippen LogP contribution in [0.1, 0.15) is 174 Å². The monoisotopic (exact) mass is 955 g/mol. The molecule has 0 bridgehead atoms. The van der Waals surface area contributed by atoms with E-state index in [1.807, 2.05) is 18.2 Å². The van der Waals surface area contributed by atoms with Gasteiger partial charge in [0.2, 0.25) is 0 Å². The number of carbonyl (C=O) groups excluding carboxylic acids is 2. The van der Waals surface area contributed by atoms with E-state index < -0.39 is 81.8 Å². The molecule has 0 spiro atoms. The van der Waals surface area contributed by atoms with Gasteiger partial charge in [0, 0.05) is 12.8 Å². The summed E-state index contributed by atoms with van der Waals surface area (Å²) in [5, 5.41) is 60.4. The van der Waals surface area contributed by atoms with Gasteiger partial charge in [-0.2, -0.15) is 0 Å². The van der Waals surface area contributed by atoms with Crippen molar-refractivity contribution in [3.63, 3.8) is 0 Å². The molecule has 14 nitrogen and oxygen atoms in total. The lowest BCUT2D eigenvalue weighted by Gasteiger charge is -2.41. The van der Waals surface area contributed by atoms with Crippen molar-refractivity contribution in [1.82, 2.24) is 0 Å². The van der Waals surface area contributed by atoms with Gasteiger partial charge >= 0.3 is 19.8 Å². The minimum absolute atomic E-state index is 0.0281. The third-order valence-corrected chi connectivity index (χ3v) is 12.1. The number of ether oxygens (including phenoxy) is 2. The molecule has 0 aliphatic heterocycles. The average molecular weight is 955 g/mol. The van der Waals surface area contributed by atoms with Gasteiger partial charge in [-0.1, -0.05) is 157 Å². The van der Waals surface area contributed by atoms with Crippen LogP contribution in [-0.2, 0) is 32.7 Å². The standard InChI is InChI=1S/C51H87O14P/c1-3-5-7-9-11-13-14-15-16-17-18-19-20-21-22-24-26-30-35-39-45(54)64-43(41-63-66(60,61)65-51-49(58)47(56)46(55)48(57)50(51)59)40-62-44(53)38-34-31-27-29-33-37-42(52)36-32-28-25-23-12-10-8-6-4-2/h11-13,15-16,23,27-29,32-33,37,42-43,46-52,55-59H,3-10,14,17-22,24-26,30-31,34-36,38-41H2,1-2H3,(H,60,61)/b13-11-,16-15-,23-12-,29-27+,32-28-,37-33-/t42?,43-,46?,47-,48+,49-,50-,51?/m1/s1. The third-order valence-electron chi connectivity index (χ3n) is 11.1. The van der Waals surface area contributed by atoms with E-state index in [1.54, 1.807) is 18.2 Å². The number of phosphoric acid groups is 1. The molecule has 0 aromatic carbocycles. The Labute approximate surface area is 396 Å². The van der Waals surface area contributed by atoms with E-state index in [0.29, 0.717) is 25.7 Å². The zero-order valence-electron chi connectivity index (χ0n) is 40.1. The van der Waals surface area contributed by atoms with Crippen molar-refractivity contribution in [3.8, 4) is 0 Å². The molecule has 15 heteroatoms. The van der Waals surface area contributed by atoms with Gasteiger partial charge in [-0.3, -0.25) is 18.6 Å². The van der Waals surface area contributed by atoms with Gasteiger partial charge in [0.1, 0.15) is 43.2 Å². The smallest absolute Gasteiger partial charge is 0.462 e. The van der Waals surface area contributed by atoms with Crippen LogP contribution in [-0.4, -0.2) is 110 Å². The van der Waals surface area contributed by atoms with Crippen LogP contribution in [0.4, 0.5) is 0 Å². The Kier molecular flexibility index (Phi) is 37.3. The van der Waals surface area contributed by atoms with Crippen molar-refractivity contribution in [3.05, 3.63) is 72.9 Å². The minimum atomic E-state index is -5.16. The molecular weight excluding hydrogens is 868 g/mol. The number of phosphoric ester groups is 1. The summed E-state index contributed by atoms with van der Waals surface area (Å²) in [4.78, 5) is 35.8. The Hall–Kier alpha value is -2.75. The second kappa shape index (κ2) is 40.2. The molecule has 4 unspecified atom stereocenters. The van der Waals surface area contributed by atoms with Crippen LogP contribution in [0.3, 0.4) is 0 Å². The van der Waals surface area contributed by atoms with Crippen molar-refractivity contribution >= 4 is 19.8 Å². The lowest BCUT2D eigenvalue weighted by atomic mass is 9.85. The molecule has 0 saturated heterocycles. The van der Waals surface area contributed by atoms with Crippen LogP contribution < -0.4 is 0 Å². The summed E-state index contributed by atoms with van der Waals surface area (Å²) in [6.07, 6.45) is 33.9. The fraction of sp³-hybridized carbons (Fsp3) is 0.725. The molecule has 66 heavy (non-hydrogen) atoms. The first-order valence-electron chi connectivity index (χ1n) is 24.8. The van der Waals surface area contributed by atoms with Gasteiger partial charge in [0.05, 0.1) is 12.7 Å². The van der Waals surface area contributed by atoms with E-state index in [2.05, 4.69) is 50.3 Å². The maximum atomic E-state index is 12.8. The van der Waals surface area contributed by atoms with Crippen LogP contribution in [0.25, 0.3) is 0 Å². The summed E-state index contributed by atoms with van der Waals surface area (Å²) >= 11 is 0. The largest absolute Gasteiger partial charge is 0.472 e. The normalized spacial score (nSPS) is 22.4. The van der Waals surface area contributed by atoms with Crippen LogP contribution in [0.15, 0.2) is 72.9 Å². The Morgan fingerprint density at radius 3 is 1.58 bits per heavy atom. The Morgan fingerprint density at radius 1 is 0.545 bits per heavy atom. The quantitative estimate of drug-likeness (QED) is 0.00999. The fourth-order valence-corrected chi connectivity index (χ4v) is 8.01. The molecule has 7 N–H and O–H groups in total. The van der Waals surface area contributed by atoms with Gasteiger partial charge < -0.3 is 45.0 Å². The van der Waals surface area contributed by atoms with Crippen LogP contribution in [0.2, 0.25) is 0 Å². The highest BCUT2D eigenvalue weighted by atomic mass is 31.2. The molecule has 0 radical (unpaired) electrons.